The number of rotatable bonds is 2. The Labute approximate surface area is 147 Å². The van der Waals surface area contributed by atoms with E-state index in [4.69, 9.17) is 17.3 Å². The van der Waals surface area contributed by atoms with Gasteiger partial charge in [-0.25, -0.2) is 4.98 Å². The Hall–Kier alpha value is -2.35. The van der Waals surface area contributed by atoms with Crippen molar-refractivity contribution in [1.29, 1.82) is 5.26 Å². The van der Waals surface area contributed by atoms with Crippen LogP contribution in [0.3, 0.4) is 0 Å². The maximum absolute atomic E-state index is 9.42. The van der Waals surface area contributed by atoms with Crippen LogP contribution >= 0.6 is 27.5 Å². The molecule has 23 heavy (non-hydrogen) atoms. The molecule has 3 nitrogen and oxygen atoms in total. The number of aromatic nitrogens is 1. The van der Waals surface area contributed by atoms with Crippen LogP contribution in [0.15, 0.2) is 59.1 Å². The van der Waals surface area contributed by atoms with Crippen LogP contribution in [-0.2, 0) is 0 Å². The Bertz CT molecular complexity index is 932. The molecule has 5 heteroatoms. The van der Waals surface area contributed by atoms with Gasteiger partial charge >= 0.3 is 0 Å². The number of benzene rings is 2. The highest BCUT2D eigenvalue weighted by molar-refractivity contribution is 9.10. The van der Waals surface area contributed by atoms with Crippen molar-refractivity contribution < 1.29 is 0 Å². The molecule has 0 aliphatic carbocycles. The fourth-order valence-electron chi connectivity index (χ4n) is 2.36. The van der Waals surface area contributed by atoms with Crippen molar-refractivity contribution >= 4 is 33.3 Å². The van der Waals surface area contributed by atoms with Crippen molar-refractivity contribution in [3.05, 3.63) is 69.7 Å². The first-order chi connectivity index (χ1) is 11.1. The van der Waals surface area contributed by atoms with E-state index >= 15 is 0 Å². The predicted molar refractivity (Wildman–Crippen MR) is 96.9 cm³/mol. The fraction of sp³-hybridized carbons (Fsp3) is 0. The number of hydrogen-bond acceptors (Lipinski definition) is 3. The normalized spacial score (nSPS) is 10.3. The number of nitrogens with zero attached hydrogens (tertiary/aromatic N) is 2. The van der Waals surface area contributed by atoms with Gasteiger partial charge in [-0.15, -0.1) is 0 Å². The fourth-order valence-corrected chi connectivity index (χ4v) is 2.95. The average molecular weight is 385 g/mol. The van der Waals surface area contributed by atoms with Crippen LogP contribution in [0.4, 0.5) is 5.82 Å². The van der Waals surface area contributed by atoms with E-state index < -0.39 is 0 Å². The van der Waals surface area contributed by atoms with Crippen molar-refractivity contribution in [1.82, 2.24) is 4.98 Å². The minimum Gasteiger partial charge on any atom is -0.383 e. The summed E-state index contributed by atoms with van der Waals surface area (Å²) in [4.78, 5) is 4.37. The number of halogens is 2. The van der Waals surface area contributed by atoms with Gasteiger partial charge in [-0.3, -0.25) is 0 Å². The Kier molecular flexibility index (Phi) is 4.33. The van der Waals surface area contributed by atoms with Crippen molar-refractivity contribution in [2.75, 3.05) is 5.73 Å². The molecule has 1 aromatic heterocycles. The van der Waals surface area contributed by atoms with E-state index in [-0.39, 0.29) is 5.82 Å². The second kappa shape index (κ2) is 6.41. The molecule has 0 spiro atoms. The molecule has 2 N–H and O–H groups in total. The molecular weight excluding hydrogens is 374 g/mol. The highest BCUT2D eigenvalue weighted by atomic mass is 79.9. The minimum atomic E-state index is 0.208. The lowest BCUT2D eigenvalue weighted by molar-refractivity contribution is 1.31. The molecule has 2 aromatic carbocycles. The molecule has 0 aliphatic heterocycles. The lowest BCUT2D eigenvalue weighted by atomic mass is 9.98. The zero-order valence-corrected chi connectivity index (χ0v) is 14.3. The van der Waals surface area contributed by atoms with Gasteiger partial charge in [0.15, 0.2) is 0 Å². The third kappa shape index (κ3) is 3.21. The highest BCUT2D eigenvalue weighted by Gasteiger charge is 2.13. The van der Waals surface area contributed by atoms with Gasteiger partial charge in [0, 0.05) is 20.6 Å². The third-order valence-electron chi connectivity index (χ3n) is 3.42. The monoisotopic (exact) mass is 383 g/mol. The third-order valence-corrected chi connectivity index (χ3v) is 4.14. The smallest absolute Gasteiger partial charge is 0.142 e. The second-order valence-electron chi connectivity index (χ2n) is 4.95. The number of hydrogen-bond donors (Lipinski definition) is 1. The largest absolute Gasteiger partial charge is 0.383 e. The number of pyridine rings is 1. The quantitative estimate of drug-likeness (QED) is 0.653. The van der Waals surface area contributed by atoms with Crippen LogP contribution in [0.2, 0.25) is 5.02 Å². The standard InChI is InChI=1S/C18H11BrClN3/c19-13-5-1-4-12(7-13)17-9-15(16(10-21)18(22)23-17)11-3-2-6-14(20)8-11/h1-9H,(H2,22,23). The van der Waals surface area contributed by atoms with Crippen molar-refractivity contribution in [2.24, 2.45) is 0 Å². The van der Waals surface area contributed by atoms with E-state index in [2.05, 4.69) is 27.0 Å². The van der Waals surface area contributed by atoms with E-state index in [1.165, 1.54) is 0 Å². The number of nitrogens with two attached hydrogens (primary N) is 1. The summed E-state index contributed by atoms with van der Waals surface area (Å²) in [5.41, 5.74) is 9.53. The first-order valence-corrected chi connectivity index (χ1v) is 7.98. The van der Waals surface area contributed by atoms with E-state index in [0.717, 1.165) is 21.2 Å². The summed E-state index contributed by atoms with van der Waals surface area (Å²) in [7, 11) is 0. The molecule has 0 aliphatic rings. The van der Waals surface area contributed by atoms with Crippen LogP contribution in [0.1, 0.15) is 5.56 Å². The molecule has 1 heterocycles. The first-order valence-electron chi connectivity index (χ1n) is 6.81. The first kappa shape index (κ1) is 15.5. The molecule has 0 atom stereocenters. The lowest BCUT2D eigenvalue weighted by Gasteiger charge is -2.10. The summed E-state index contributed by atoms with van der Waals surface area (Å²) in [5.74, 6) is 0.208. The highest BCUT2D eigenvalue weighted by Crippen LogP contribution is 2.32. The van der Waals surface area contributed by atoms with E-state index in [1.54, 1.807) is 6.07 Å². The van der Waals surface area contributed by atoms with Crippen LogP contribution in [-0.4, -0.2) is 4.98 Å². The van der Waals surface area contributed by atoms with E-state index in [9.17, 15) is 5.26 Å². The van der Waals surface area contributed by atoms with Gasteiger partial charge in [0.2, 0.25) is 0 Å². The van der Waals surface area contributed by atoms with Gasteiger partial charge in [0.05, 0.1) is 5.69 Å². The molecule has 3 aromatic rings. The number of anilines is 1. The molecule has 0 fully saturated rings. The number of nitrogen functional groups attached to an aromatic ring is 1. The zero-order chi connectivity index (χ0) is 16.4. The molecule has 3 rings (SSSR count). The summed E-state index contributed by atoms with van der Waals surface area (Å²) in [6.07, 6.45) is 0. The Balaban J connectivity index is 2.25. The Morgan fingerprint density at radius 3 is 2.48 bits per heavy atom. The van der Waals surface area contributed by atoms with Crippen molar-refractivity contribution in [3.8, 4) is 28.5 Å². The molecule has 0 radical (unpaired) electrons. The summed E-state index contributed by atoms with van der Waals surface area (Å²) in [6, 6.07) is 19.1. The minimum absolute atomic E-state index is 0.208. The molecule has 0 unspecified atom stereocenters. The summed E-state index contributed by atoms with van der Waals surface area (Å²) in [6.45, 7) is 0. The van der Waals surface area contributed by atoms with Crippen LogP contribution < -0.4 is 5.73 Å². The van der Waals surface area contributed by atoms with Gasteiger partial charge < -0.3 is 5.73 Å². The molecule has 112 valence electrons. The summed E-state index contributed by atoms with van der Waals surface area (Å²) < 4.78 is 0.948. The van der Waals surface area contributed by atoms with Crippen LogP contribution in [0, 0.1) is 11.3 Å². The molecule has 0 saturated heterocycles. The number of nitriles is 1. The van der Waals surface area contributed by atoms with Gasteiger partial charge in [0.25, 0.3) is 0 Å². The maximum Gasteiger partial charge on any atom is 0.142 e. The predicted octanol–water partition coefficient (Wildman–Crippen LogP) is 5.29. The van der Waals surface area contributed by atoms with E-state index in [0.29, 0.717) is 16.3 Å². The molecule has 0 amide bonds. The Morgan fingerprint density at radius 1 is 1.04 bits per heavy atom. The molecule has 0 bridgehead atoms. The van der Waals surface area contributed by atoms with Gasteiger partial charge in [0.1, 0.15) is 17.5 Å². The van der Waals surface area contributed by atoms with Gasteiger partial charge in [-0.05, 0) is 35.9 Å². The van der Waals surface area contributed by atoms with Gasteiger partial charge in [-0.1, -0.05) is 51.8 Å². The summed E-state index contributed by atoms with van der Waals surface area (Å²) in [5, 5.41) is 10.0. The topological polar surface area (TPSA) is 62.7 Å². The van der Waals surface area contributed by atoms with Crippen molar-refractivity contribution in [2.45, 2.75) is 0 Å². The maximum atomic E-state index is 9.42. The molecule has 0 saturated carbocycles. The average Bonchev–Trinajstić information content (AvgIpc) is 2.54. The lowest BCUT2D eigenvalue weighted by Crippen LogP contribution is -1.99. The van der Waals surface area contributed by atoms with Gasteiger partial charge in [-0.2, -0.15) is 5.26 Å². The van der Waals surface area contributed by atoms with E-state index in [1.807, 2.05) is 48.5 Å². The Morgan fingerprint density at radius 2 is 1.78 bits per heavy atom. The van der Waals surface area contributed by atoms with Crippen LogP contribution in [0.5, 0.6) is 0 Å². The summed E-state index contributed by atoms with van der Waals surface area (Å²) >= 11 is 9.52. The van der Waals surface area contributed by atoms with Crippen molar-refractivity contribution in [3.63, 3.8) is 0 Å². The second-order valence-corrected chi connectivity index (χ2v) is 6.30. The molecular formula is C18H11BrClN3. The van der Waals surface area contributed by atoms with Crippen LogP contribution in [0.25, 0.3) is 22.4 Å². The SMILES string of the molecule is N#Cc1c(-c2cccc(Cl)c2)cc(-c2cccc(Br)c2)nc1N. The zero-order valence-electron chi connectivity index (χ0n) is 11.9.